The van der Waals surface area contributed by atoms with Gasteiger partial charge in [0, 0.05) is 23.5 Å². The number of rotatable bonds is 1. The first-order chi connectivity index (χ1) is 7.18. The third-order valence-corrected chi connectivity index (χ3v) is 2.29. The average molecular weight is 224 g/mol. The molecule has 15 heavy (non-hydrogen) atoms. The summed E-state index contributed by atoms with van der Waals surface area (Å²) in [6.45, 7) is 0. The van der Waals surface area contributed by atoms with E-state index in [0.29, 0.717) is 16.1 Å². The Morgan fingerprint density at radius 2 is 1.87 bits per heavy atom. The van der Waals surface area contributed by atoms with Gasteiger partial charge in [0.05, 0.1) is 10.7 Å². The number of nitrogens with zero attached hydrogens (tertiary/aromatic N) is 2. The van der Waals surface area contributed by atoms with Crippen LogP contribution in [0.5, 0.6) is 0 Å². The summed E-state index contributed by atoms with van der Waals surface area (Å²) in [7, 11) is 0. The highest BCUT2D eigenvalue weighted by molar-refractivity contribution is 6.33. The van der Waals surface area contributed by atoms with E-state index in [4.69, 9.17) is 17.3 Å². The number of hydrogen-bond acceptors (Lipinski definition) is 3. The zero-order valence-corrected chi connectivity index (χ0v) is 8.37. The van der Waals surface area contributed by atoms with Crippen molar-refractivity contribution >= 4 is 17.3 Å². The van der Waals surface area contributed by atoms with Crippen molar-refractivity contribution in [1.82, 2.24) is 9.97 Å². The molecule has 0 saturated heterocycles. The number of anilines is 1. The van der Waals surface area contributed by atoms with Gasteiger partial charge in [-0.05, 0) is 12.1 Å². The highest BCUT2D eigenvalue weighted by Crippen LogP contribution is 2.29. The van der Waals surface area contributed by atoms with Crippen molar-refractivity contribution in [2.45, 2.75) is 0 Å². The number of hydrogen-bond donors (Lipinski definition) is 1. The Labute approximate surface area is 90.7 Å². The van der Waals surface area contributed by atoms with Crippen LogP contribution in [0.3, 0.4) is 0 Å². The van der Waals surface area contributed by atoms with E-state index >= 15 is 0 Å². The largest absolute Gasteiger partial charge is 0.397 e. The number of nitrogen functional groups attached to an aromatic ring is 1. The summed E-state index contributed by atoms with van der Waals surface area (Å²) in [6.07, 6.45) is 4.40. The van der Waals surface area contributed by atoms with Gasteiger partial charge in [-0.1, -0.05) is 11.6 Å². The molecule has 0 saturated carbocycles. The molecule has 0 fully saturated rings. The lowest BCUT2D eigenvalue weighted by Crippen LogP contribution is -1.92. The fourth-order valence-electron chi connectivity index (χ4n) is 1.22. The van der Waals surface area contributed by atoms with Gasteiger partial charge in [0.25, 0.3) is 0 Å². The van der Waals surface area contributed by atoms with Crippen LogP contribution in [0, 0.1) is 5.82 Å². The predicted molar refractivity (Wildman–Crippen MR) is 56.8 cm³/mol. The van der Waals surface area contributed by atoms with Crippen LogP contribution < -0.4 is 5.73 Å². The molecule has 1 heterocycles. The first-order valence-electron chi connectivity index (χ1n) is 4.18. The third kappa shape index (κ3) is 1.89. The Kier molecular flexibility index (Phi) is 2.51. The minimum atomic E-state index is -0.438. The van der Waals surface area contributed by atoms with E-state index in [1.165, 1.54) is 30.9 Å². The minimum Gasteiger partial charge on any atom is -0.397 e. The van der Waals surface area contributed by atoms with E-state index in [-0.39, 0.29) is 5.69 Å². The fraction of sp³-hybridized carbons (Fsp3) is 0. The topological polar surface area (TPSA) is 51.8 Å². The number of aromatic nitrogens is 2. The summed E-state index contributed by atoms with van der Waals surface area (Å²) in [5, 5.41) is 0.315. The first-order valence-corrected chi connectivity index (χ1v) is 4.56. The Bertz CT molecular complexity index is 488. The molecule has 5 heteroatoms. The number of halogens is 2. The van der Waals surface area contributed by atoms with Crippen molar-refractivity contribution in [2.75, 3.05) is 5.73 Å². The van der Waals surface area contributed by atoms with Gasteiger partial charge >= 0.3 is 0 Å². The summed E-state index contributed by atoms with van der Waals surface area (Å²) in [5.41, 5.74) is 6.59. The maximum atomic E-state index is 13.5. The molecular weight excluding hydrogens is 217 g/mol. The second kappa shape index (κ2) is 3.82. The van der Waals surface area contributed by atoms with Gasteiger partial charge in [-0.25, -0.2) is 14.4 Å². The summed E-state index contributed by atoms with van der Waals surface area (Å²) in [5.74, 6) is -0.438. The van der Waals surface area contributed by atoms with Crippen molar-refractivity contribution in [3.05, 3.63) is 41.7 Å². The monoisotopic (exact) mass is 223 g/mol. The molecule has 0 aliphatic rings. The lowest BCUT2D eigenvalue weighted by molar-refractivity contribution is 0.632. The Morgan fingerprint density at radius 3 is 2.53 bits per heavy atom. The van der Waals surface area contributed by atoms with E-state index in [1.807, 2.05) is 0 Å². The lowest BCUT2D eigenvalue weighted by atomic mass is 10.1. The third-order valence-electron chi connectivity index (χ3n) is 1.96. The Morgan fingerprint density at radius 1 is 1.20 bits per heavy atom. The quantitative estimate of drug-likeness (QED) is 0.756. The summed E-state index contributed by atoms with van der Waals surface area (Å²) < 4.78 is 13.5. The molecule has 76 valence electrons. The highest BCUT2D eigenvalue weighted by atomic mass is 35.5. The molecule has 2 N–H and O–H groups in total. The van der Waals surface area contributed by atoms with Gasteiger partial charge < -0.3 is 5.73 Å². The van der Waals surface area contributed by atoms with Crippen LogP contribution in [-0.2, 0) is 0 Å². The van der Waals surface area contributed by atoms with Gasteiger partial charge in [-0.15, -0.1) is 0 Å². The molecule has 0 bridgehead atoms. The molecule has 1 aromatic heterocycles. The summed E-state index contributed by atoms with van der Waals surface area (Å²) in [4.78, 5) is 7.60. The maximum Gasteiger partial charge on any atom is 0.133 e. The molecule has 0 radical (unpaired) electrons. The van der Waals surface area contributed by atoms with Crippen LogP contribution in [0.1, 0.15) is 0 Å². The van der Waals surface area contributed by atoms with E-state index in [2.05, 4.69) is 9.97 Å². The van der Waals surface area contributed by atoms with Crippen molar-refractivity contribution in [2.24, 2.45) is 0 Å². The molecule has 0 spiro atoms. The molecule has 2 aromatic rings. The van der Waals surface area contributed by atoms with Crippen LogP contribution >= 0.6 is 11.6 Å². The Balaban J connectivity index is 2.59. The number of benzene rings is 1. The molecule has 1 aromatic carbocycles. The SMILES string of the molecule is Nc1cc(F)c(-c2cncnc2)cc1Cl. The zero-order chi connectivity index (χ0) is 10.8. The van der Waals surface area contributed by atoms with Crippen molar-refractivity contribution in [1.29, 1.82) is 0 Å². The van der Waals surface area contributed by atoms with Crippen molar-refractivity contribution < 1.29 is 4.39 Å². The van der Waals surface area contributed by atoms with E-state index in [9.17, 15) is 4.39 Å². The van der Waals surface area contributed by atoms with Gasteiger partial charge in [0.2, 0.25) is 0 Å². The number of nitrogens with two attached hydrogens (primary N) is 1. The van der Waals surface area contributed by atoms with Crippen LogP contribution in [0.15, 0.2) is 30.9 Å². The predicted octanol–water partition coefficient (Wildman–Crippen LogP) is 2.52. The molecule has 0 atom stereocenters. The molecular formula is C10H7ClFN3. The van der Waals surface area contributed by atoms with Gasteiger partial charge in [0.1, 0.15) is 12.1 Å². The van der Waals surface area contributed by atoms with E-state index in [0.717, 1.165) is 0 Å². The lowest BCUT2D eigenvalue weighted by Gasteiger charge is -2.05. The summed E-state index contributed by atoms with van der Waals surface area (Å²) >= 11 is 5.80. The molecule has 0 amide bonds. The molecule has 0 aliphatic heterocycles. The molecule has 0 aliphatic carbocycles. The van der Waals surface area contributed by atoms with Crippen molar-refractivity contribution in [3.63, 3.8) is 0 Å². The first kappa shape index (κ1) is 9.86. The minimum absolute atomic E-state index is 0.217. The second-order valence-electron chi connectivity index (χ2n) is 2.98. The Hall–Kier alpha value is -1.68. The summed E-state index contributed by atoms with van der Waals surface area (Å²) in [6, 6.07) is 2.65. The molecule has 3 nitrogen and oxygen atoms in total. The molecule has 2 rings (SSSR count). The van der Waals surface area contributed by atoms with E-state index < -0.39 is 5.82 Å². The smallest absolute Gasteiger partial charge is 0.133 e. The second-order valence-corrected chi connectivity index (χ2v) is 3.39. The van der Waals surface area contributed by atoms with E-state index in [1.54, 1.807) is 0 Å². The fourth-order valence-corrected chi connectivity index (χ4v) is 1.39. The highest BCUT2D eigenvalue weighted by Gasteiger charge is 2.08. The normalized spacial score (nSPS) is 10.3. The van der Waals surface area contributed by atoms with Crippen LogP contribution in [-0.4, -0.2) is 9.97 Å². The van der Waals surface area contributed by atoms with Crippen LogP contribution in [0.4, 0.5) is 10.1 Å². The van der Waals surface area contributed by atoms with Crippen molar-refractivity contribution in [3.8, 4) is 11.1 Å². The maximum absolute atomic E-state index is 13.5. The van der Waals surface area contributed by atoms with Gasteiger partial charge in [-0.3, -0.25) is 0 Å². The zero-order valence-electron chi connectivity index (χ0n) is 7.61. The standard InChI is InChI=1S/C10H7ClFN3/c11-8-1-7(9(12)2-10(8)13)6-3-14-5-15-4-6/h1-5H,13H2. The molecule has 0 unspecified atom stereocenters. The van der Waals surface area contributed by atoms with Gasteiger partial charge in [-0.2, -0.15) is 0 Å². The van der Waals surface area contributed by atoms with Crippen LogP contribution in [0.25, 0.3) is 11.1 Å². The van der Waals surface area contributed by atoms with Gasteiger partial charge in [0.15, 0.2) is 0 Å². The van der Waals surface area contributed by atoms with Crippen LogP contribution in [0.2, 0.25) is 5.02 Å². The average Bonchev–Trinajstić information content (AvgIpc) is 2.25.